The number of hydrogen-bond donors (Lipinski definition) is 2. The van der Waals surface area contributed by atoms with Crippen LogP contribution >= 0.6 is 23.8 Å². The number of thiocarbonyl (C=S) groups is 1. The lowest BCUT2D eigenvalue weighted by molar-refractivity contribution is 0.284. The van der Waals surface area contributed by atoms with E-state index in [4.69, 9.17) is 33.3 Å². The monoisotopic (exact) mass is 439 g/mol. The summed E-state index contributed by atoms with van der Waals surface area (Å²) >= 11 is 11.2. The van der Waals surface area contributed by atoms with Crippen molar-refractivity contribution in [1.29, 1.82) is 0 Å². The largest absolute Gasteiger partial charge is 0.493 e. The van der Waals surface area contributed by atoms with Crippen molar-refractivity contribution in [1.82, 2.24) is 10.7 Å². The van der Waals surface area contributed by atoms with E-state index >= 15 is 0 Å². The van der Waals surface area contributed by atoms with Crippen LogP contribution in [0.2, 0.25) is 5.02 Å². The van der Waals surface area contributed by atoms with Crippen molar-refractivity contribution in [2.75, 3.05) is 7.11 Å². The molecule has 0 aromatic heterocycles. The van der Waals surface area contributed by atoms with E-state index in [1.165, 1.54) is 0 Å². The predicted octanol–water partition coefficient (Wildman–Crippen LogP) is 4.93. The van der Waals surface area contributed by atoms with Crippen LogP contribution in [0.25, 0.3) is 0 Å². The molecule has 3 rings (SSSR count). The molecule has 0 amide bonds. The van der Waals surface area contributed by atoms with Crippen LogP contribution in [-0.2, 0) is 13.2 Å². The molecule has 0 radical (unpaired) electrons. The third kappa shape index (κ3) is 6.76. The summed E-state index contributed by atoms with van der Waals surface area (Å²) in [5.74, 6) is 1.27. The highest BCUT2D eigenvalue weighted by atomic mass is 35.5. The maximum absolute atomic E-state index is 5.92. The number of hydrogen-bond acceptors (Lipinski definition) is 4. The Morgan fingerprint density at radius 1 is 1.00 bits per heavy atom. The van der Waals surface area contributed by atoms with Crippen molar-refractivity contribution >= 4 is 35.1 Å². The zero-order chi connectivity index (χ0) is 21.2. The lowest BCUT2D eigenvalue weighted by atomic mass is 10.2. The molecule has 7 heteroatoms. The molecule has 0 heterocycles. The third-order valence-electron chi connectivity index (χ3n) is 4.17. The number of nitrogens with zero attached hydrogens (tertiary/aromatic N) is 1. The molecule has 0 unspecified atom stereocenters. The van der Waals surface area contributed by atoms with Crippen LogP contribution in [-0.4, -0.2) is 18.4 Å². The van der Waals surface area contributed by atoms with Gasteiger partial charge >= 0.3 is 0 Å². The number of nitrogens with one attached hydrogen (secondary N) is 2. The number of methoxy groups -OCH3 is 1. The second-order valence-electron chi connectivity index (χ2n) is 6.36. The molecule has 0 fully saturated rings. The highest BCUT2D eigenvalue weighted by molar-refractivity contribution is 7.80. The van der Waals surface area contributed by atoms with Gasteiger partial charge in [0.2, 0.25) is 0 Å². The van der Waals surface area contributed by atoms with Crippen LogP contribution in [0.5, 0.6) is 11.5 Å². The van der Waals surface area contributed by atoms with Crippen molar-refractivity contribution in [2.24, 2.45) is 5.10 Å². The van der Waals surface area contributed by atoms with Crippen LogP contribution in [0, 0.1) is 0 Å². The van der Waals surface area contributed by atoms with E-state index in [0.29, 0.717) is 34.8 Å². The van der Waals surface area contributed by atoms with Gasteiger partial charge in [-0.2, -0.15) is 5.10 Å². The van der Waals surface area contributed by atoms with Crippen LogP contribution in [0.4, 0.5) is 0 Å². The Hall–Kier alpha value is -3.09. The van der Waals surface area contributed by atoms with Gasteiger partial charge in [0.25, 0.3) is 0 Å². The van der Waals surface area contributed by atoms with Gasteiger partial charge in [-0.05, 0) is 59.2 Å². The molecule has 0 aliphatic rings. The average molecular weight is 440 g/mol. The zero-order valence-corrected chi connectivity index (χ0v) is 18.0. The fourth-order valence-electron chi connectivity index (χ4n) is 2.61. The summed E-state index contributed by atoms with van der Waals surface area (Å²) in [5, 5.41) is 8.44. The zero-order valence-electron chi connectivity index (χ0n) is 16.5. The van der Waals surface area contributed by atoms with Crippen molar-refractivity contribution < 1.29 is 9.47 Å². The van der Waals surface area contributed by atoms with E-state index in [9.17, 15) is 0 Å². The molecule has 0 aliphatic carbocycles. The summed E-state index contributed by atoms with van der Waals surface area (Å²) in [6, 6.07) is 23.1. The predicted molar refractivity (Wildman–Crippen MR) is 125 cm³/mol. The molecule has 0 spiro atoms. The lowest BCUT2D eigenvalue weighted by Crippen LogP contribution is -2.31. The summed E-state index contributed by atoms with van der Waals surface area (Å²) < 4.78 is 11.3. The first-order chi connectivity index (χ1) is 14.6. The number of ether oxygens (including phenoxy) is 2. The Morgan fingerprint density at radius 3 is 2.50 bits per heavy atom. The lowest BCUT2D eigenvalue weighted by Gasteiger charge is -2.11. The number of halogens is 1. The highest BCUT2D eigenvalue weighted by Gasteiger charge is 2.06. The van der Waals surface area contributed by atoms with Gasteiger partial charge in [-0.3, -0.25) is 5.43 Å². The van der Waals surface area contributed by atoms with Gasteiger partial charge in [-0.25, -0.2) is 0 Å². The van der Waals surface area contributed by atoms with Crippen molar-refractivity contribution in [3.8, 4) is 11.5 Å². The molecule has 0 saturated carbocycles. The molecular weight excluding hydrogens is 418 g/mol. The molecule has 5 nitrogen and oxygen atoms in total. The minimum Gasteiger partial charge on any atom is -0.493 e. The van der Waals surface area contributed by atoms with E-state index in [2.05, 4.69) is 15.8 Å². The van der Waals surface area contributed by atoms with Crippen molar-refractivity contribution in [3.63, 3.8) is 0 Å². The molecule has 3 aromatic rings. The molecule has 0 bridgehead atoms. The Bertz CT molecular complexity index is 995. The number of rotatable bonds is 8. The maximum Gasteiger partial charge on any atom is 0.187 e. The molecule has 3 aromatic carbocycles. The van der Waals surface area contributed by atoms with Crippen LogP contribution in [0.3, 0.4) is 0 Å². The third-order valence-corrected chi connectivity index (χ3v) is 4.66. The molecule has 0 saturated heterocycles. The molecule has 2 N–H and O–H groups in total. The molecule has 30 heavy (non-hydrogen) atoms. The van der Waals surface area contributed by atoms with Gasteiger partial charge in [0.05, 0.1) is 13.3 Å². The van der Waals surface area contributed by atoms with Crippen molar-refractivity contribution in [2.45, 2.75) is 13.2 Å². The van der Waals surface area contributed by atoms with Gasteiger partial charge < -0.3 is 14.8 Å². The van der Waals surface area contributed by atoms with Gasteiger partial charge in [-0.15, -0.1) is 0 Å². The van der Waals surface area contributed by atoms with Gasteiger partial charge in [0.1, 0.15) is 6.61 Å². The summed E-state index contributed by atoms with van der Waals surface area (Å²) in [5.41, 5.74) is 5.82. The van der Waals surface area contributed by atoms with Crippen LogP contribution in [0.1, 0.15) is 16.7 Å². The molecule has 0 aliphatic heterocycles. The molecular formula is C23H22ClN3O2S. The first-order valence-electron chi connectivity index (χ1n) is 9.30. The Kier molecular flexibility index (Phi) is 8.06. The standard InChI is InChI=1S/C23H22ClN3O2S/c1-28-21-12-9-19(13-22(21)29-16-18-7-10-20(24)11-8-18)15-26-27-23(30)25-14-17-5-3-2-4-6-17/h2-13,15H,14,16H2,1H3,(H2,25,27,30)/b26-15+. The van der Waals surface area contributed by atoms with Gasteiger partial charge in [0.15, 0.2) is 16.6 Å². The normalized spacial score (nSPS) is 10.6. The number of benzene rings is 3. The highest BCUT2D eigenvalue weighted by Crippen LogP contribution is 2.28. The van der Waals surface area contributed by atoms with E-state index in [1.54, 1.807) is 13.3 Å². The maximum atomic E-state index is 5.92. The Balaban J connectivity index is 1.55. The second kappa shape index (κ2) is 11.2. The molecule has 154 valence electrons. The number of hydrazone groups is 1. The quantitative estimate of drug-likeness (QED) is 0.296. The average Bonchev–Trinajstić information content (AvgIpc) is 2.78. The van der Waals surface area contributed by atoms with Crippen LogP contribution in [0.15, 0.2) is 77.9 Å². The Labute approximate surface area is 186 Å². The van der Waals surface area contributed by atoms with Crippen LogP contribution < -0.4 is 20.2 Å². The summed E-state index contributed by atoms with van der Waals surface area (Å²) in [4.78, 5) is 0. The van der Waals surface area contributed by atoms with E-state index in [-0.39, 0.29) is 0 Å². The van der Waals surface area contributed by atoms with E-state index in [1.807, 2.05) is 72.8 Å². The fraction of sp³-hybridized carbons (Fsp3) is 0.130. The first kappa shape index (κ1) is 21.6. The summed E-state index contributed by atoms with van der Waals surface area (Å²) in [6.45, 7) is 1.04. The first-order valence-corrected chi connectivity index (χ1v) is 10.1. The SMILES string of the molecule is COc1ccc(/C=N/NC(=S)NCc2ccccc2)cc1OCc1ccc(Cl)cc1. The minimum atomic E-state index is 0.403. The van der Waals surface area contributed by atoms with E-state index in [0.717, 1.165) is 16.7 Å². The second-order valence-corrected chi connectivity index (χ2v) is 7.21. The Morgan fingerprint density at radius 2 is 1.77 bits per heavy atom. The van der Waals surface area contributed by atoms with Gasteiger partial charge in [0, 0.05) is 11.6 Å². The fourth-order valence-corrected chi connectivity index (χ4v) is 2.86. The summed E-state index contributed by atoms with van der Waals surface area (Å²) in [7, 11) is 1.61. The minimum absolute atomic E-state index is 0.403. The van der Waals surface area contributed by atoms with Crippen molar-refractivity contribution in [3.05, 3.63) is 94.5 Å². The topological polar surface area (TPSA) is 54.9 Å². The smallest absolute Gasteiger partial charge is 0.187 e. The van der Waals surface area contributed by atoms with E-state index < -0.39 is 0 Å². The molecule has 0 atom stereocenters. The summed E-state index contributed by atoms with van der Waals surface area (Å²) in [6.07, 6.45) is 1.67. The van der Waals surface area contributed by atoms with Gasteiger partial charge in [-0.1, -0.05) is 54.1 Å².